The van der Waals surface area contributed by atoms with Crippen LogP contribution < -0.4 is 5.32 Å². The molecule has 0 spiro atoms. The van der Waals surface area contributed by atoms with Crippen LogP contribution in [0.1, 0.15) is 23.6 Å². The van der Waals surface area contributed by atoms with E-state index in [1.807, 2.05) is 0 Å². The fourth-order valence-electron chi connectivity index (χ4n) is 3.09. The van der Waals surface area contributed by atoms with E-state index in [1.165, 1.54) is 29.8 Å². The lowest BCUT2D eigenvalue weighted by Crippen LogP contribution is -2.50. The molecule has 1 aromatic carbocycles. The van der Waals surface area contributed by atoms with E-state index in [4.69, 9.17) is 0 Å². The highest BCUT2D eigenvalue weighted by atomic mass is 15.6. The Balaban J connectivity index is 1.63. The fourth-order valence-corrected chi connectivity index (χ4v) is 3.09. The number of piperazine rings is 1. The molecule has 1 saturated heterocycles. The van der Waals surface area contributed by atoms with Crippen molar-refractivity contribution in [3.05, 3.63) is 34.9 Å². The van der Waals surface area contributed by atoms with Crippen LogP contribution in [0.25, 0.3) is 0 Å². The van der Waals surface area contributed by atoms with Crippen molar-refractivity contribution in [1.29, 1.82) is 0 Å². The number of likely N-dealkylation sites (N-methyl/N-ethyl adjacent to an activating group) is 1. The van der Waals surface area contributed by atoms with Crippen molar-refractivity contribution < 1.29 is 0 Å². The first-order chi connectivity index (χ1) is 9.76. The van der Waals surface area contributed by atoms with Gasteiger partial charge in [0.25, 0.3) is 0 Å². The van der Waals surface area contributed by atoms with Gasteiger partial charge in [0.2, 0.25) is 0 Å². The van der Waals surface area contributed by atoms with Crippen molar-refractivity contribution in [3.63, 3.8) is 0 Å². The lowest BCUT2D eigenvalue weighted by atomic mass is 10.1. The van der Waals surface area contributed by atoms with E-state index in [1.54, 1.807) is 0 Å². The van der Waals surface area contributed by atoms with Crippen LogP contribution in [0.5, 0.6) is 0 Å². The van der Waals surface area contributed by atoms with Gasteiger partial charge in [-0.05, 0) is 30.3 Å². The second-order valence-electron chi connectivity index (χ2n) is 5.96. The molecule has 0 aliphatic carbocycles. The predicted molar refractivity (Wildman–Crippen MR) is 82.1 cm³/mol. The summed E-state index contributed by atoms with van der Waals surface area (Å²) in [5.41, 5.74) is 4.43. The van der Waals surface area contributed by atoms with E-state index in [9.17, 15) is 0 Å². The Morgan fingerprint density at radius 2 is 1.75 bits per heavy atom. The largest absolute Gasteiger partial charge is 0.313 e. The fraction of sp³-hybridized carbons (Fsp3) is 0.625. The molecule has 3 rings (SSSR count). The smallest absolute Gasteiger partial charge is 0.0391 e. The maximum Gasteiger partial charge on any atom is 0.0391 e. The molecule has 0 bridgehead atoms. The number of fused-ring (bicyclic) bond motifs is 1. The number of hydrogen-bond donors (Lipinski definition) is 1. The van der Waals surface area contributed by atoms with E-state index in [2.05, 4.69) is 52.4 Å². The molecule has 2 aliphatic rings. The summed E-state index contributed by atoms with van der Waals surface area (Å²) in [5.74, 6) is 0. The summed E-state index contributed by atoms with van der Waals surface area (Å²) in [6, 6.07) is 6.97. The van der Waals surface area contributed by atoms with E-state index in [0.717, 1.165) is 39.3 Å². The van der Waals surface area contributed by atoms with Crippen LogP contribution in [0.2, 0.25) is 0 Å². The minimum Gasteiger partial charge on any atom is -0.313 e. The van der Waals surface area contributed by atoms with Crippen LogP contribution in [0.3, 0.4) is 0 Å². The maximum atomic E-state index is 3.41. The predicted octanol–water partition coefficient (Wildman–Crippen LogP) is 1.27. The Kier molecular flexibility index (Phi) is 4.36. The van der Waals surface area contributed by atoms with E-state index in [0.29, 0.717) is 0 Å². The van der Waals surface area contributed by atoms with Crippen molar-refractivity contribution >= 4 is 0 Å². The molecule has 0 atom stereocenters. The SMILES string of the molecule is CCNCc1ccc2c(c1)CN(N1CCN(C)CC1)C2. The van der Waals surface area contributed by atoms with Crippen molar-refractivity contribution in [3.8, 4) is 0 Å². The zero-order chi connectivity index (χ0) is 13.9. The van der Waals surface area contributed by atoms with Gasteiger partial charge in [-0.25, -0.2) is 10.0 Å². The van der Waals surface area contributed by atoms with Crippen LogP contribution in [-0.2, 0) is 19.6 Å². The molecule has 2 aliphatic heterocycles. The highest BCUT2D eigenvalue weighted by Gasteiger charge is 2.26. The van der Waals surface area contributed by atoms with Gasteiger partial charge in [-0.3, -0.25) is 0 Å². The Morgan fingerprint density at radius 3 is 2.50 bits per heavy atom. The third kappa shape index (κ3) is 3.04. The van der Waals surface area contributed by atoms with Gasteiger partial charge < -0.3 is 10.2 Å². The summed E-state index contributed by atoms with van der Waals surface area (Å²) >= 11 is 0. The quantitative estimate of drug-likeness (QED) is 0.892. The molecule has 0 aromatic heterocycles. The van der Waals surface area contributed by atoms with Crippen LogP contribution in [0.4, 0.5) is 0 Å². The highest BCUT2D eigenvalue weighted by Crippen LogP contribution is 2.25. The van der Waals surface area contributed by atoms with E-state index >= 15 is 0 Å². The number of nitrogens with zero attached hydrogens (tertiary/aromatic N) is 3. The third-order valence-corrected chi connectivity index (χ3v) is 4.44. The number of hydrazine groups is 1. The van der Waals surface area contributed by atoms with Crippen molar-refractivity contribution in [1.82, 2.24) is 20.2 Å². The molecule has 1 aromatic rings. The summed E-state index contributed by atoms with van der Waals surface area (Å²) in [5, 5.41) is 8.46. The highest BCUT2D eigenvalue weighted by molar-refractivity contribution is 5.34. The van der Waals surface area contributed by atoms with Crippen LogP contribution in [0.15, 0.2) is 18.2 Å². The Morgan fingerprint density at radius 1 is 1.00 bits per heavy atom. The normalized spacial score (nSPS) is 21.3. The number of rotatable bonds is 4. The molecule has 0 saturated carbocycles. The standard InChI is InChI=1S/C16H26N4/c1-3-17-11-14-4-5-15-12-20(13-16(15)10-14)19-8-6-18(2)7-9-19/h4-5,10,17H,3,6-9,11-13H2,1-2H3. The minimum atomic E-state index is 0.984. The average molecular weight is 274 g/mol. The second-order valence-corrected chi connectivity index (χ2v) is 5.96. The molecule has 0 unspecified atom stereocenters. The van der Waals surface area contributed by atoms with Gasteiger partial charge in [0.05, 0.1) is 0 Å². The maximum absolute atomic E-state index is 3.41. The first-order valence-electron chi connectivity index (χ1n) is 7.76. The van der Waals surface area contributed by atoms with Crippen molar-refractivity contribution in [2.45, 2.75) is 26.6 Å². The molecule has 4 nitrogen and oxygen atoms in total. The van der Waals surface area contributed by atoms with Gasteiger partial charge in [-0.1, -0.05) is 25.1 Å². The van der Waals surface area contributed by atoms with Gasteiger partial charge in [-0.15, -0.1) is 0 Å². The van der Waals surface area contributed by atoms with E-state index < -0.39 is 0 Å². The summed E-state index contributed by atoms with van der Waals surface area (Å²) in [6.07, 6.45) is 0. The molecule has 4 heteroatoms. The summed E-state index contributed by atoms with van der Waals surface area (Å²) in [6.45, 7) is 11.0. The summed E-state index contributed by atoms with van der Waals surface area (Å²) < 4.78 is 0. The molecule has 110 valence electrons. The molecule has 0 radical (unpaired) electrons. The Bertz CT molecular complexity index is 452. The van der Waals surface area contributed by atoms with Gasteiger partial charge in [-0.2, -0.15) is 0 Å². The Hall–Kier alpha value is -0.940. The molecule has 20 heavy (non-hydrogen) atoms. The lowest BCUT2D eigenvalue weighted by molar-refractivity contribution is -0.0581. The zero-order valence-corrected chi connectivity index (χ0v) is 12.7. The Labute approximate surface area is 122 Å². The number of hydrogen-bond acceptors (Lipinski definition) is 4. The lowest BCUT2D eigenvalue weighted by Gasteiger charge is -2.38. The van der Waals surface area contributed by atoms with Crippen LogP contribution in [0, 0.1) is 0 Å². The molecule has 0 amide bonds. The van der Waals surface area contributed by atoms with Crippen LogP contribution >= 0.6 is 0 Å². The van der Waals surface area contributed by atoms with Crippen molar-refractivity contribution in [2.75, 3.05) is 39.8 Å². The van der Waals surface area contributed by atoms with Gasteiger partial charge in [0.15, 0.2) is 0 Å². The molecular formula is C16H26N4. The van der Waals surface area contributed by atoms with Crippen LogP contribution in [-0.4, -0.2) is 54.7 Å². The van der Waals surface area contributed by atoms with Gasteiger partial charge >= 0.3 is 0 Å². The molecular weight excluding hydrogens is 248 g/mol. The first-order valence-corrected chi connectivity index (χ1v) is 7.76. The van der Waals surface area contributed by atoms with Gasteiger partial charge in [0.1, 0.15) is 0 Å². The summed E-state index contributed by atoms with van der Waals surface area (Å²) in [4.78, 5) is 2.41. The molecule has 1 fully saturated rings. The van der Waals surface area contributed by atoms with Gasteiger partial charge in [0, 0.05) is 45.8 Å². The monoisotopic (exact) mass is 274 g/mol. The first kappa shape index (κ1) is 14.0. The van der Waals surface area contributed by atoms with Crippen molar-refractivity contribution in [2.24, 2.45) is 0 Å². The molecule has 1 N–H and O–H groups in total. The average Bonchev–Trinajstić information content (AvgIpc) is 2.89. The summed E-state index contributed by atoms with van der Waals surface area (Å²) in [7, 11) is 2.21. The number of benzene rings is 1. The van der Waals surface area contributed by atoms with E-state index in [-0.39, 0.29) is 0 Å². The minimum absolute atomic E-state index is 0.984. The molecule has 2 heterocycles. The topological polar surface area (TPSA) is 21.8 Å². The third-order valence-electron chi connectivity index (χ3n) is 4.44. The second kappa shape index (κ2) is 6.22. The zero-order valence-electron chi connectivity index (χ0n) is 12.7. The number of nitrogens with one attached hydrogen (secondary N) is 1.